The van der Waals surface area contributed by atoms with E-state index in [1.807, 2.05) is 42.5 Å². The molecule has 2 aromatic rings. The van der Waals surface area contributed by atoms with E-state index in [1.54, 1.807) is 13.3 Å². The third-order valence-corrected chi connectivity index (χ3v) is 3.51. The smallest absolute Gasteiger partial charge is 0.161 e. The predicted octanol–water partition coefficient (Wildman–Crippen LogP) is 4.65. The Morgan fingerprint density at radius 3 is 2.54 bits per heavy atom. The molecular formula is C19H23ClN2O2. The molecule has 0 saturated heterocycles. The van der Waals surface area contributed by atoms with Gasteiger partial charge in [-0.25, -0.2) is 0 Å². The molecule has 0 bridgehead atoms. The number of rotatable bonds is 6. The van der Waals surface area contributed by atoms with Gasteiger partial charge in [0.1, 0.15) is 6.61 Å². The molecule has 0 aliphatic heterocycles. The van der Waals surface area contributed by atoms with Crippen LogP contribution in [0.1, 0.15) is 31.9 Å². The quantitative estimate of drug-likeness (QED) is 0.611. The summed E-state index contributed by atoms with van der Waals surface area (Å²) in [5.74, 6) is 1.32. The van der Waals surface area contributed by atoms with Gasteiger partial charge in [0.15, 0.2) is 11.5 Å². The number of nitrogens with zero attached hydrogens (tertiary/aromatic N) is 1. The number of halogens is 1. The van der Waals surface area contributed by atoms with Crippen molar-refractivity contribution >= 4 is 17.8 Å². The van der Waals surface area contributed by atoms with Crippen molar-refractivity contribution in [2.45, 2.75) is 32.9 Å². The molecule has 0 spiro atoms. The lowest BCUT2D eigenvalue weighted by Crippen LogP contribution is -2.31. The Morgan fingerprint density at radius 2 is 1.88 bits per heavy atom. The zero-order chi connectivity index (χ0) is 17.6. The SMILES string of the molecule is COc1cc(/C=N\NC(C)(C)C)ccc1OCc1ccccc1Cl. The summed E-state index contributed by atoms with van der Waals surface area (Å²) in [7, 11) is 1.62. The molecule has 4 nitrogen and oxygen atoms in total. The second kappa shape index (κ2) is 8.06. The maximum absolute atomic E-state index is 6.15. The van der Waals surface area contributed by atoms with Crippen molar-refractivity contribution < 1.29 is 9.47 Å². The fourth-order valence-corrected chi connectivity index (χ4v) is 2.15. The molecule has 24 heavy (non-hydrogen) atoms. The van der Waals surface area contributed by atoms with Gasteiger partial charge in [-0.15, -0.1) is 0 Å². The van der Waals surface area contributed by atoms with E-state index in [0.29, 0.717) is 23.1 Å². The van der Waals surface area contributed by atoms with Crippen LogP contribution in [0.4, 0.5) is 0 Å². The molecule has 0 radical (unpaired) electrons. The lowest BCUT2D eigenvalue weighted by atomic mass is 10.1. The first-order valence-electron chi connectivity index (χ1n) is 7.73. The summed E-state index contributed by atoms with van der Waals surface area (Å²) in [6.07, 6.45) is 1.76. The van der Waals surface area contributed by atoms with Crippen LogP contribution >= 0.6 is 11.6 Å². The Bertz CT molecular complexity index is 709. The highest BCUT2D eigenvalue weighted by atomic mass is 35.5. The third kappa shape index (κ3) is 5.46. The zero-order valence-corrected chi connectivity index (χ0v) is 15.2. The Labute approximate surface area is 148 Å². The number of hydrogen-bond donors (Lipinski definition) is 1. The van der Waals surface area contributed by atoms with E-state index in [-0.39, 0.29) is 5.54 Å². The third-order valence-electron chi connectivity index (χ3n) is 3.14. The van der Waals surface area contributed by atoms with Gasteiger partial charge in [0.2, 0.25) is 0 Å². The van der Waals surface area contributed by atoms with Crippen molar-refractivity contribution in [1.29, 1.82) is 0 Å². The van der Waals surface area contributed by atoms with E-state index in [4.69, 9.17) is 21.1 Å². The van der Waals surface area contributed by atoms with E-state index < -0.39 is 0 Å². The number of ether oxygens (including phenoxy) is 2. The Hall–Kier alpha value is -2.20. The Morgan fingerprint density at radius 1 is 1.12 bits per heavy atom. The first kappa shape index (κ1) is 18.1. The molecule has 0 saturated carbocycles. The van der Waals surface area contributed by atoms with Crippen LogP contribution in [0.2, 0.25) is 5.02 Å². The minimum Gasteiger partial charge on any atom is -0.493 e. The predicted molar refractivity (Wildman–Crippen MR) is 99.3 cm³/mol. The normalized spacial score (nSPS) is 11.5. The second-order valence-corrected chi connectivity index (χ2v) is 6.82. The number of hydrogen-bond acceptors (Lipinski definition) is 4. The fraction of sp³-hybridized carbons (Fsp3) is 0.316. The van der Waals surface area contributed by atoms with Gasteiger partial charge in [0.25, 0.3) is 0 Å². The second-order valence-electron chi connectivity index (χ2n) is 6.41. The van der Waals surface area contributed by atoms with Gasteiger partial charge < -0.3 is 14.9 Å². The molecule has 0 aromatic heterocycles. The van der Waals surface area contributed by atoms with Crippen molar-refractivity contribution in [2.75, 3.05) is 7.11 Å². The van der Waals surface area contributed by atoms with E-state index in [1.165, 1.54) is 0 Å². The minimum atomic E-state index is -0.0708. The van der Waals surface area contributed by atoms with Crippen LogP contribution in [-0.4, -0.2) is 18.9 Å². The van der Waals surface area contributed by atoms with Crippen molar-refractivity contribution in [2.24, 2.45) is 5.10 Å². The number of benzene rings is 2. The Balaban J connectivity index is 2.07. The van der Waals surface area contributed by atoms with Gasteiger partial charge in [-0.1, -0.05) is 29.8 Å². The summed E-state index contributed by atoms with van der Waals surface area (Å²) in [5, 5.41) is 4.92. The summed E-state index contributed by atoms with van der Waals surface area (Å²) < 4.78 is 11.3. The average Bonchev–Trinajstić information content (AvgIpc) is 2.53. The van der Waals surface area contributed by atoms with Crippen LogP contribution in [0, 0.1) is 0 Å². The van der Waals surface area contributed by atoms with Crippen LogP contribution < -0.4 is 14.9 Å². The standard InChI is InChI=1S/C19H23ClN2O2/c1-19(2,3)22-21-12-14-9-10-17(18(11-14)23-4)24-13-15-7-5-6-8-16(15)20/h5-12,22H,13H2,1-4H3/b21-12-. The molecule has 0 aliphatic rings. The van der Waals surface area contributed by atoms with Crippen molar-refractivity contribution in [3.05, 3.63) is 58.6 Å². The molecule has 2 rings (SSSR count). The lowest BCUT2D eigenvalue weighted by Gasteiger charge is -2.17. The van der Waals surface area contributed by atoms with Gasteiger partial charge in [0.05, 0.1) is 13.3 Å². The monoisotopic (exact) mass is 346 g/mol. The van der Waals surface area contributed by atoms with Crippen LogP contribution in [0.3, 0.4) is 0 Å². The summed E-state index contributed by atoms with van der Waals surface area (Å²) in [5.41, 5.74) is 4.84. The van der Waals surface area contributed by atoms with Gasteiger partial charge in [-0.2, -0.15) is 5.10 Å². The maximum atomic E-state index is 6.15. The van der Waals surface area contributed by atoms with Gasteiger partial charge in [-0.05, 0) is 50.6 Å². The molecule has 0 aliphatic carbocycles. The van der Waals surface area contributed by atoms with Crippen molar-refractivity contribution in [3.8, 4) is 11.5 Å². The van der Waals surface area contributed by atoms with Crippen LogP contribution in [-0.2, 0) is 6.61 Å². The molecule has 0 amide bonds. The first-order valence-corrected chi connectivity index (χ1v) is 8.11. The lowest BCUT2D eigenvalue weighted by molar-refractivity contribution is 0.284. The highest BCUT2D eigenvalue weighted by Crippen LogP contribution is 2.29. The van der Waals surface area contributed by atoms with E-state index in [0.717, 1.165) is 11.1 Å². The molecule has 0 heterocycles. The summed E-state index contributed by atoms with van der Waals surface area (Å²) >= 11 is 6.15. The summed E-state index contributed by atoms with van der Waals surface area (Å²) in [6, 6.07) is 13.3. The summed E-state index contributed by atoms with van der Waals surface area (Å²) in [4.78, 5) is 0. The number of nitrogens with one attached hydrogen (secondary N) is 1. The van der Waals surface area contributed by atoms with Crippen molar-refractivity contribution in [3.63, 3.8) is 0 Å². The Kier molecular flexibility index (Phi) is 6.10. The zero-order valence-electron chi connectivity index (χ0n) is 14.5. The van der Waals surface area contributed by atoms with Crippen LogP contribution in [0.15, 0.2) is 47.6 Å². The first-order chi connectivity index (χ1) is 11.4. The molecule has 0 fully saturated rings. The molecule has 1 N–H and O–H groups in total. The average molecular weight is 347 g/mol. The van der Waals surface area contributed by atoms with Gasteiger partial charge in [-0.3, -0.25) is 0 Å². The van der Waals surface area contributed by atoms with Crippen molar-refractivity contribution in [1.82, 2.24) is 5.43 Å². The van der Waals surface area contributed by atoms with Crippen LogP contribution in [0.5, 0.6) is 11.5 Å². The molecule has 5 heteroatoms. The maximum Gasteiger partial charge on any atom is 0.161 e. The molecule has 0 atom stereocenters. The molecule has 0 unspecified atom stereocenters. The number of methoxy groups -OCH3 is 1. The van der Waals surface area contributed by atoms with Gasteiger partial charge >= 0.3 is 0 Å². The largest absolute Gasteiger partial charge is 0.493 e. The number of hydrazone groups is 1. The molecule has 2 aromatic carbocycles. The van der Waals surface area contributed by atoms with E-state index in [2.05, 4.69) is 31.3 Å². The highest BCUT2D eigenvalue weighted by molar-refractivity contribution is 6.31. The van der Waals surface area contributed by atoms with E-state index >= 15 is 0 Å². The van der Waals surface area contributed by atoms with E-state index in [9.17, 15) is 0 Å². The topological polar surface area (TPSA) is 42.8 Å². The molecule has 128 valence electrons. The van der Waals surface area contributed by atoms with Gasteiger partial charge in [0, 0.05) is 16.1 Å². The highest BCUT2D eigenvalue weighted by Gasteiger charge is 2.08. The minimum absolute atomic E-state index is 0.0708. The van der Waals surface area contributed by atoms with Crippen LogP contribution in [0.25, 0.3) is 0 Å². The molecular weight excluding hydrogens is 324 g/mol. The summed E-state index contributed by atoms with van der Waals surface area (Å²) in [6.45, 7) is 6.54. The fourth-order valence-electron chi connectivity index (χ4n) is 1.96.